The molecule has 0 unspecified atom stereocenters. The minimum Gasteiger partial charge on any atom is -0.296 e. The molecule has 2 heterocycles. The van der Waals surface area contributed by atoms with Crippen LogP contribution in [0.15, 0.2) is 47.8 Å². The summed E-state index contributed by atoms with van der Waals surface area (Å²) in [6, 6.07) is 14.5. The number of thiazole rings is 1. The Morgan fingerprint density at radius 1 is 0.960 bits per heavy atom. The van der Waals surface area contributed by atoms with E-state index in [0.29, 0.717) is 5.69 Å². The van der Waals surface area contributed by atoms with Crippen LogP contribution in [-0.2, 0) is 0 Å². The van der Waals surface area contributed by atoms with E-state index in [-0.39, 0.29) is 0 Å². The summed E-state index contributed by atoms with van der Waals surface area (Å²) in [6.07, 6.45) is 0.909. The lowest BCUT2D eigenvalue weighted by Gasteiger charge is -2.06. The molecule has 0 aliphatic rings. The van der Waals surface area contributed by atoms with Gasteiger partial charge in [-0.2, -0.15) is 0 Å². The van der Waals surface area contributed by atoms with Crippen molar-refractivity contribution < 1.29 is 4.79 Å². The van der Waals surface area contributed by atoms with Crippen LogP contribution >= 0.6 is 11.3 Å². The average molecular weight is 346 g/mol. The Labute approximate surface area is 150 Å². The SMILES string of the molecule is Cc1ccc(-c2nc3scc(-c4ccc(C)c(C)c4)n3c2C=O)cc1. The molecule has 0 N–H and O–H groups in total. The van der Waals surface area contributed by atoms with Gasteiger partial charge < -0.3 is 0 Å². The topological polar surface area (TPSA) is 34.4 Å². The highest BCUT2D eigenvalue weighted by atomic mass is 32.1. The first kappa shape index (κ1) is 15.8. The number of hydrogen-bond acceptors (Lipinski definition) is 3. The van der Waals surface area contributed by atoms with Gasteiger partial charge in [0.15, 0.2) is 11.2 Å². The summed E-state index contributed by atoms with van der Waals surface area (Å²) in [5.41, 5.74) is 8.12. The van der Waals surface area contributed by atoms with Crippen molar-refractivity contribution in [1.82, 2.24) is 9.38 Å². The third-order valence-corrected chi connectivity index (χ3v) is 5.46. The monoisotopic (exact) mass is 346 g/mol. The molecule has 0 amide bonds. The van der Waals surface area contributed by atoms with Gasteiger partial charge in [-0.1, -0.05) is 42.0 Å². The van der Waals surface area contributed by atoms with E-state index in [1.807, 2.05) is 35.6 Å². The second kappa shape index (κ2) is 5.97. The summed E-state index contributed by atoms with van der Waals surface area (Å²) in [7, 11) is 0. The normalized spacial score (nSPS) is 11.2. The molecule has 4 aromatic rings. The van der Waals surface area contributed by atoms with Crippen LogP contribution in [0.2, 0.25) is 0 Å². The summed E-state index contributed by atoms with van der Waals surface area (Å²) >= 11 is 1.56. The second-order valence-corrected chi connectivity index (χ2v) is 7.20. The number of carbonyl (C=O) groups is 1. The molecule has 0 atom stereocenters. The molecule has 0 bridgehead atoms. The molecular formula is C21H18N2OS. The van der Waals surface area contributed by atoms with Crippen LogP contribution in [0.3, 0.4) is 0 Å². The maximum absolute atomic E-state index is 11.9. The van der Waals surface area contributed by atoms with E-state index in [4.69, 9.17) is 4.98 Å². The first-order valence-corrected chi connectivity index (χ1v) is 9.06. The molecule has 2 aromatic carbocycles. The molecule has 0 spiro atoms. The van der Waals surface area contributed by atoms with Crippen molar-refractivity contribution in [3.63, 3.8) is 0 Å². The second-order valence-electron chi connectivity index (χ2n) is 6.37. The number of aldehydes is 1. The number of aryl methyl sites for hydroxylation is 3. The summed E-state index contributed by atoms with van der Waals surface area (Å²) in [5.74, 6) is 0. The molecule has 0 aliphatic heterocycles. The van der Waals surface area contributed by atoms with Crippen LogP contribution in [0.25, 0.3) is 27.5 Å². The zero-order chi connectivity index (χ0) is 17.6. The van der Waals surface area contributed by atoms with Crippen LogP contribution in [0.1, 0.15) is 27.2 Å². The van der Waals surface area contributed by atoms with Gasteiger partial charge in [0.2, 0.25) is 0 Å². The molecule has 0 saturated carbocycles. The van der Waals surface area contributed by atoms with Gasteiger partial charge in [-0.3, -0.25) is 9.20 Å². The summed E-state index contributed by atoms with van der Waals surface area (Å²) in [5, 5.41) is 2.07. The first-order chi connectivity index (χ1) is 12.1. The van der Waals surface area contributed by atoms with E-state index in [0.717, 1.165) is 33.8 Å². The van der Waals surface area contributed by atoms with E-state index < -0.39 is 0 Å². The van der Waals surface area contributed by atoms with Crippen molar-refractivity contribution in [1.29, 1.82) is 0 Å². The number of aromatic nitrogens is 2. The van der Waals surface area contributed by atoms with Gasteiger partial charge in [-0.15, -0.1) is 11.3 Å². The van der Waals surface area contributed by atoms with Crippen molar-refractivity contribution in [2.75, 3.05) is 0 Å². The lowest BCUT2D eigenvalue weighted by atomic mass is 10.0. The fourth-order valence-electron chi connectivity index (χ4n) is 3.02. The van der Waals surface area contributed by atoms with E-state index in [2.05, 4.69) is 37.4 Å². The molecule has 4 rings (SSSR count). The van der Waals surface area contributed by atoms with Crippen LogP contribution in [0.4, 0.5) is 0 Å². The van der Waals surface area contributed by atoms with E-state index in [1.165, 1.54) is 16.7 Å². The highest BCUT2D eigenvalue weighted by molar-refractivity contribution is 7.15. The van der Waals surface area contributed by atoms with Gasteiger partial charge in [0, 0.05) is 10.9 Å². The summed E-state index contributed by atoms with van der Waals surface area (Å²) in [6.45, 7) is 6.26. The van der Waals surface area contributed by atoms with Crippen LogP contribution in [-0.4, -0.2) is 15.7 Å². The summed E-state index contributed by atoms with van der Waals surface area (Å²) in [4.78, 5) is 17.4. The predicted molar refractivity (Wildman–Crippen MR) is 104 cm³/mol. The number of benzene rings is 2. The van der Waals surface area contributed by atoms with Crippen LogP contribution in [0.5, 0.6) is 0 Å². The van der Waals surface area contributed by atoms with Gasteiger partial charge in [-0.25, -0.2) is 4.98 Å². The summed E-state index contributed by atoms with van der Waals surface area (Å²) < 4.78 is 1.97. The molecule has 2 aromatic heterocycles. The first-order valence-electron chi connectivity index (χ1n) is 8.18. The zero-order valence-corrected chi connectivity index (χ0v) is 15.2. The van der Waals surface area contributed by atoms with Crippen LogP contribution < -0.4 is 0 Å². The Balaban J connectivity index is 1.95. The molecule has 124 valence electrons. The molecule has 0 aliphatic carbocycles. The van der Waals surface area contributed by atoms with Crippen molar-refractivity contribution in [2.45, 2.75) is 20.8 Å². The predicted octanol–water partition coefficient (Wildman–Crippen LogP) is 5.47. The van der Waals surface area contributed by atoms with Crippen molar-refractivity contribution in [3.8, 4) is 22.5 Å². The standard InChI is InChI=1S/C21H18N2OS/c1-13-4-7-16(8-5-13)20-18(11-24)23-19(12-25-21(23)22-20)17-9-6-14(2)15(3)10-17/h4-12H,1-3H3. The van der Waals surface area contributed by atoms with Gasteiger partial charge >= 0.3 is 0 Å². The van der Waals surface area contributed by atoms with E-state index in [1.54, 1.807) is 11.3 Å². The fraction of sp³-hybridized carbons (Fsp3) is 0.143. The minimum atomic E-state index is 0.605. The smallest absolute Gasteiger partial charge is 0.195 e. The van der Waals surface area contributed by atoms with E-state index in [9.17, 15) is 4.79 Å². The Bertz CT molecular complexity index is 1090. The number of rotatable bonds is 3. The molecule has 0 saturated heterocycles. The van der Waals surface area contributed by atoms with Crippen molar-refractivity contribution in [3.05, 3.63) is 70.2 Å². The number of imidazole rings is 1. The highest BCUT2D eigenvalue weighted by Gasteiger charge is 2.18. The Morgan fingerprint density at radius 2 is 1.68 bits per heavy atom. The molecule has 0 radical (unpaired) electrons. The Morgan fingerprint density at radius 3 is 2.36 bits per heavy atom. The maximum Gasteiger partial charge on any atom is 0.195 e. The Hall–Kier alpha value is -2.72. The highest BCUT2D eigenvalue weighted by Crippen LogP contribution is 2.33. The quantitative estimate of drug-likeness (QED) is 0.461. The number of hydrogen-bond donors (Lipinski definition) is 0. The van der Waals surface area contributed by atoms with Gasteiger partial charge in [0.1, 0.15) is 11.4 Å². The third kappa shape index (κ3) is 2.59. The number of fused-ring (bicyclic) bond motifs is 1. The van der Waals surface area contributed by atoms with E-state index >= 15 is 0 Å². The molecule has 0 fully saturated rings. The maximum atomic E-state index is 11.9. The largest absolute Gasteiger partial charge is 0.296 e. The number of nitrogens with zero attached hydrogens (tertiary/aromatic N) is 2. The number of carbonyl (C=O) groups excluding carboxylic acids is 1. The Kier molecular flexibility index (Phi) is 3.77. The molecule has 4 heteroatoms. The van der Waals surface area contributed by atoms with Crippen molar-refractivity contribution in [2.24, 2.45) is 0 Å². The fourth-order valence-corrected chi connectivity index (χ4v) is 3.92. The van der Waals surface area contributed by atoms with Crippen LogP contribution in [0, 0.1) is 20.8 Å². The average Bonchev–Trinajstić information content (AvgIpc) is 3.17. The third-order valence-electron chi connectivity index (χ3n) is 4.64. The van der Waals surface area contributed by atoms with Gasteiger partial charge in [0.05, 0.1) is 5.69 Å². The minimum absolute atomic E-state index is 0.605. The molecule has 3 nitrogen and oxygen atoms in total. The zero-order valence-electron chi connectivity index (χ0n) is 14.4. The van der Waals surface area contributed by atoms with Gasteiger partial charge in [0.25, 0.3) is 0 Å². The lowest BCUT2D eigenvalue weighted by molar-refractivity contribution is 0.111. The van der Waals surface area contributed by atoms with Gasteiger partial charge in [-0.05, 0) is 43.5 Å². The molecule has 25 heavy (non-hydrogen) atoms. The molecular weight excluding hydrogens is 328 g/mol. The lowest BCUT2D eigenvalue weighted by Crippen LogP contribution is -1.95. The van der Waals surface area contributed by atoms with Crippen molar-refractivity contribution >= 4 is 22.6 Å².